The number of aldehydes is 1. The molecule has 1 heterocycles. The van der Waals surface area contributed by atoms with E-state index in [-0.39, 0.29) is 17.4 Å². The summed E-state index contributed by atoms with van der Waals surface area (Å²) in [6.07, 6.45) is 2.37. The quantitative estimate of drug-likeness (QED) is 0.523. The molecule has 1 N–H and O–H groups in total. The van der Waals surface area contributed by atoms with Crippen LogP contribution in [0.3, 0.4) is 0 Å². The molecule has 0 fully saturated rings. The van der Waals surface area contributed by atoms with Gasteiger partial charge in [-0.15, -0.1) is 0 Å². The van der Waals surface area contributed by atoms with Crippen molar-refractivity contribution in [3.63, 3.8) is 0 Å². The highest BCUT2D eigenvalue weighted by atomic mass is 16.5. The SMILES string of the molecule is CC(C)(C)c1cc(-c2nc(COc3ccc(C=O)cc3)co2)cc(C(C)(C)C)c1O. The van der Waals surface area contributed by atoms with E-state index in [1.807, 2.05) is 12.1 Å². The first-order valence-electron chi connectivity index (χ1n) is 10.00. The molecule has 0 saturated heterocycles. The highest BCUT2D eigenvalue weighted by molar-refractivity contribution is 5.74. The van der Waals surface area contributed by atoms with Crippen LogP contribution in [0, 0.1) is 0 Å². The molecule has 30 heavy (non-hydrogen) atoms. The molecule has 0 spiro atoms. The summed E-state index contributed by atoms with van der Waals surface area (Å²) in [4.78, 5) is 15.3. The molecule has 0 radical (unpaired) electrons. The number of carbonyl (C=O) groups is 1. The molecule has 5 heteroatoms. The van der Waals surface area contributed by atoms with Gasteiger partial charge in [-0.2, -0.15) is 0 Å². The van der Waals surface area contributed by atoms with Gasteiger partial charge in [0.2, 0.25) is 5.89 Å². The molecule has 0 aliphatic rings. The molecule has 3 aromatic rings. The van der Waals surface area contributed by atoms with Gasteiger partial charge in [0.05, 0.1) is 0 Å². The number of rotatable bonds is 5. The van der Waals surface area contributed by atoms with Crippen LogP contribution in [0.4, 0.5) is 0 Å². The zero-order chi connectivity index (χ0) is 22.1. The molecule has 0 aliphatic heterocycles. The summed E-state index contributed by atoms with van der Waals surface area (Å²) >= 11 is 0. The normalized spacial score (nSPS) is 12.1. The first kappa shape index (κ1) is 21.6. The highest BCUT2D eigenvalue weighted by Gasteiger charge is 2.27. The van der Waals surface area contributed by atoms with Crippen molar-refractivity contribution in [3.05, 3.63) is 65.0 Å². The number of nitrogens with zero attached hydrogens (tertiary/aromatic N) is 1. The van der Waals surface area contributed by atoms with E-state index < -0.39 is 0 Å². The Hall–Kier alpha value is -3.08. The van der Waals surface area contributed by atoms with E-state index in [9.17, 15) is 9.90 Å². The molecule has 0 bridgehead atoms. The molecule has 1 aromatic heterocycles. The third-order valence-corrected chi connectivity index (χ3v) is 4.93. The van der Waals surface area contributed by atoms with Crippen molar-refractivity contribution in [1.29, 1.82) is 0 Å². The number of oxazole rings is 1. The number of aromatic nitrogens is 1. The minimum Gasteiger partial charge on any atom is -0.507 e. The van der Waals surface area contributed by atoms with Crippen LogP contribution in [0.1, 0.15) is 68.7 Å². The van der Waals surface area contributed by atoms with Crippen LogP contribution in [0.15, 0.2) is 47.1 Å². The first-order valence-corrected chi connectivity index (χ1v) is 10.00. The van der Waals surface area contributed by atoms with Crippen molar-refractivity contribution in [2.24, 2.45) is 0 Å². The fraction of sp³-hybridized carbons (Fsp3) is 0.360. The van der Waals surface area contributed by atoms with Gasteiger partial charge in [-0.25, -0.2) is 4.98 Å². The van der Waals surface area contributed by atoms with Crippen LogP contribution in [-0.2, 0) is 17.4 Å². The summed E-state index contributed by atoms with van der Waals surface area (Å²) < 4.78 is 11.5. The maximum absolute atomic E-state index is 10.9. The Morgan fingerprint density at radius 3 is 2.07 bits per heavy atom. The lowest BCUT2D eigenvalue weighted by atomic mass is 9.78. The highest BCUT2D eigenvalue weighted by Crippen LogP contribution is 2.41. The minimum atomic E-state index is -0.230. The van der Waals surface area contributed by atoms with E-state index in [1.165, 1.54) is 0 Å². The second kappa shape index (κ2) is 7.98. The maximum atomic E-state index is 10.9. The number of hydrogen-bond donors (Lipinski definition) is 1. The topological polar surface area (TPSA) is 72.6 Å². The van der Waals surface area contributed by atoms with Crippen molar-refractivity contribution >= 4 is 6.29 Å². The number of benzene rings is 2. The van der Waals surface area contributed by atoms with Gasteiger partial charge < -0.3 is 14.3 Å². The van der Waals surface area contributed by atoms with Gasteiger partial charge in [-0.1, -0.05) is 41.5 Å². The predicted molar refractivity (Wildman–Crippen MR) is 117 cm³/mol. The molecule has 0 atom stereocenters. The van der Waals surface area contributed by atoms with Gasteiger partial charge in [0, 0.05) is 22.3 Å². The lowest BCUT2D eigenvalue weighted by Crippen LogP contribution is -2.17. The second-order valence-corrected chi connectivity index (χ2v) is 9.54. The third-order valence-electron chi connectivity index (χ3n) is 4.93. The second-order valence-electron chi connectivity index (χ2n) is 9.54. The standard InChI is InChI=1S/C25H29NO4/c1-24(2,3)20-11-17(12-21(22(20)28)25(4,5)6)23-26-18(15-30-23)14-29-19-9-7-16(13-27)8-10-19/h7-13,15,28H,14H2,1-6H3. The molecule has 5 nitrogen and oxygen atoms in total. The van der Waals surface area contributed by atoms with Crippen molar-refractivity contribution in [1.82, 2.24) is 4.98 Å². The van der Waals surface area contributed by atoms with E-state index in [0.717, 1.165) is 23.0 Å². The van der Waals surface area contributed by atoms with Crippen LogP contribution in [0.2, 0.25) is 0 Å². The zero-order valence-electron chi connectivity index (χ0n) is 18.4. The predicted octanol–water partition coefficient (Wildman–Crippen LogP) is 6.03. The molecule has 3 rings (SSSR count). The lowest BCUT2D eigenvalue weighted by molar-refractivity contribution is 0.112. The van der Waals surface area contributed by atoms with Gasteiger partial charge in [-0.3, -0.25) is 4.79 Å². The number of phenols is 1. The lowest BCUT2D eigenvalue weighted by Gasteiger charge is -2.27. The fourth-order valence-electron chi connectivity index (χ4n) is 3.21. The Morgan fingerprint density at radius 1 is 1.00 bits per heavy atom. The molecule has 0 aliphatic carbocycles. The third kappa shape index (κ3) is 4.73. The van der Waals surface area contributed by atoms with Crippen molar-refractivity contribution in [3.8, 4) is 23.0 Å². The van der Waals surface area contributed by atoms with Gasteiger partial charge in [0.25, 0.3) is 0 Å². The van der Waals surface area contributed by atoms with Crippen LogP contribution in [0.25, 0.3) is 11.5 Å². The van der Waals surface area contributed by atoms with Crippen molar-refractivity contribution < 1.29 is 19.1 Å². The summed E-state index contributed by atoms with van der Waals surface area (Å²) in [5.74, 6) is 1.47. The molecule has 0 unspecified atom stereocenters. The number of carbonyl (C=O) groups excluding carboxylic acids is 1. The molecule has 2 aromatic carbocycles. The fourth-order valence-corrected chi connectivity index (χ4v) is 3.21. The van der Waals surface area contributed by atoms with E-state index in [1.54, 1.807) is 30.5 Å². The van der Waals surface area contributed by atoms with Crippen molar-refractivity contribution in [2.75, 3.05) is 0 Å². The average Bonchev–Trinajstić information content (AvgIpc) is 3.14. The van der Waals surface area contributed by atoms with Crippen LogP contribution < -0.4 is 4.74 Å². The van der Waals surface area contributed by atoms with Crippen LogP contribution >= 0.6 is 0 Å². The van der Waals surface area contributed by atoms with E-state index in [0.29, 0.717) is 28.6 Å². The van der Waals surface area contributed by atoms with E-state index >= 15 is 0 Å². The largest absolute Gasteiger partial charge is 0.507 e. The Morgan fingerprint density at radius 2 is 1.57 bits per heavy atom. The van der Waals surface area contributed by atoms with Gasteiger partial charge in [0.1, 0.15) is 36.3 Å². The molecule has 0 amide bonds. The Kier molecular flexibility index (Phi) is 5.75. The van der Waals surface area contributed by atoms with Gasteiger partial charge in [-0.05, 0) is 47.2 Å². The monoisotopic (exact) mass is 407 g/mol. The summed E-state index contributed by atoms with van der Waals surface area (Å²) in [5.41, 5.74) is 3.34. The van der Waals surface area contributed by atoms with Crippen LogP contribution in [0.5, 0.6) is 11.5 Å². The average molecular weight is 408 g/mol. The Bertz CT molecular complexity index is 999. The molecular weight excluding hydrogens is 378 g/mol. The summed E-state index contributed by atoms with van der Waals surface area (Å²) in [6.45, 7) is 12.7. The number of phenolic OH excluding ortho intramolecular Hbond substituents is 1. The smallest absolute Gasteiger partial charge is 0.226 e. The molecular formula is C25H29NO4. The first-order chi connectivity index (χ1) is 14.0. The summed E-state index contributed by atoms with van der Waals surface area (Å²) in [5, 5.41) is 10.9. The van der Waals surface area contributed by atoms with E-state index in [2.05, 4.69) is 46.5 Å². The van der Waals surface area contributed by atoms with Crippen LogP contribution in [-0.4, -0.2) is 16.4 Å². The summed E-state index contributed by atoms with van der Waals surface area (Å²) in [6, 6.07) is 10.8. The number of hydrogen-bond acceptors (Lipinski definition) is 5. The molecule has 0 saturated carbocycles. The van der Waals surface area contributed by atoms with Crippen molar-refractivity contribution in [2.45, 2.75) is 59.0 Å². The maximum Gasteiger partial charge on any atom is 0.226 e. The zero-order valence-corrected chi connectivity index (χ0v) is 18.4. The number of ether oxygens (including phenoxy) is 1. The van der Waals surface area contributed by atoms with Gasteiger partial charge in [0.15, 0.2) is 0 Å². The molecule has 158 valence electrons. The van der Waals surface area contributed by atoms with Gasteiger partial charge >= 0.3 is 0 Å². The van der Waals surface area contributed by atoms with E-state index in [4.69, 9.17) is 9.15 Å². The minimum absolute atomic E-state index is 0.230. The number of aromatic hydroxyl groups is 1. The summed E-state index contributed by atoms with van der Waals surface area (Å²) in [7, 11) is 0. The Labute approximate surface area is 177 Å². The Balaban J connectivity index is 1.89.